The lowest BCUT2D eigenvalue weighted by molar-refractivity contribution is -0.115. The summed E-state index contributed by atoms with van der Waals surface area (Å²) in [4.78, 5) is 24.3. The highest BCUT2D eigenvalue weighted by molar-refractivity contribution is 6.08. The number of esters is 1. The number of hydrogen-bond donors (Lipinski definition) is 2. The first-order valence-electron chi connectivity index (χ1n) is 9.20. The summed E-state index contributed by atoms with van der Waals surface area (Å²) in [6.45, 7) is 2.09. The van der Waals surface area contributed by atoms with E-state index < -0.39 is 0 Å². The lowest BCUT2D eigenvalue weighted by atomic mass is 9.93. The van der Waals surface area contributed by atoms with Crippen molar-refractivity contribution in [2.75, 3.05) is 17.2 Å². The summed E-state index contributed by atoms with van der Waals surface area (Å²) in [6.07, 6.45) is 2.14. The molecule has 0 fully saturated rings. The van der Waals surface area contributed by atoms with Gasteiger partial charge in [-0.1, -0.05) is 30.3 Å². The number of anilines is 2. The maximum Gasteiger partial charge on any atom is 0.338 e. The van der Waals surface area contributed by atoms with E-state index >= 15 is 0 Å². The average molecular weight is 372 g/mol. The van der Waals surface area contributed by atoms with E-state index in [0.717, 1.165) is 27.6 Å². The first kappa shape index (κ1) is 17.8. The minimum atomic E-state index is -0.370. The van der Waals surface area contributed by atoms with Crippen LogP contribution in [0.5, 0.6) is 0 Å². The van der Waals surface area contributed by atoms with E-state index in [2.05, 4.69) is 22.8 Å². The largest absolute Gasteiger partial charge is 0.462 e. The lowest BCUT2D eigenvalue weighted by Gasteiger charge is -2.19. The fourth-order valence-electron chi connectivity index (χ4n) is 3.40. The van der Waals surface area contributed by atoms with Gasteiger partial charge in [0, 0.05) is 23.0 Å². The second kappa shape index (κ2) is 7.56. The van der Waals surface area contributed by atoms with Crippen molar-refractivity contribution in [3.8, 4) is 0 Å². The van der Waals surface area contributed by atoms with Crippen LogP contribution in [0, 0.1) is 0 Å². The molecule has 1 aliphatic rings. The Morgan fingerprint density at radius 3 is 2.50 bits per heavy atom. The molecular formula is C23H20N2O3. The number of amides is 1. The fraction of sp³-hybridized carbons (Fsp3) is 0.130. The van der Waals surface area contributed by atoms with Crippen LogP contribution in [0.4, 0.5) is 11.4 Å². The molecule has 140 valence electrons. The number of carbonyl (C=O) groups excluding carboxylic acids is 2. The molecule has 0 bridgehead atoms. The van der Waals surface area contributed by atoms with E-state index in [1.165, 1.54) is 0 Å². The van der Waals surface area contributed by atoms with E-state index in [0.29, 0.717) is 17.9 Å². The molecule has 0 saturated heterocycles. The molecule has 0 saturated carbocycles. The predicted molar refractivity (Wildman–Crippen MR) is 111 cm³/mol. The quantitative estimate of drug-likeness (QED) is 0.631. The molecule has 0 atom stereocenters. The average Bonchev–Trinajstić information content (AvgIpc) is 2.71. The summed E-state index contributed by atoms with van der Waals surface area (Å²) in [5.74, 6) is -0.487. The summed E-state index contributed by atoms with van der Waals surface area (Å²) in [5, 5.41) is 8.44. The standard InChI is InChI=1S/C23H20N2O3/c1-2-28-23(27)16-9-11-18(12-10-16)25-21(26)13-17-14-24-20-8-4-6-15-5-3-7-19(17)22(15)20/h3-12,14,24H,2,13H2,1H3,(H,25,26). The van der Waals surface area contributed by atoms with Gasteiger partial charge in [-0.25, -0.2) is 4.79 Å². The summed E-state index contributed by atoms with van der Waals surface area (Å²) < 4.78 is 4.96. The van der Waals surface area contributed by atoms with Crippen molar-refractivity contribution >= 4 is 39.6 Å². The van der Waals surface area contributed by atoms with Gasteiger partial charge in [-0.15, -0.1) is 0 Å². The Labute approximate surface area is 163 Å². The maximum atomic E-state index is 12.6. The molecule has 2 N–H and O–H groups in total. The first-order chi connectivity index (χ1) is 13.7. The van der Waals surface area contributed by atoms with E-state index in [4.69, 9.17) is 4.74 Å². The van der Waals surface area contributed by atoms with Crippen LogP contribution in [0.2, 0.25) is 0 Å². The van der Waals surface area contributed by atoms with E-state index in [1.54, 1.807) is 31.2 Å². The number of carbonyl (C=O) groups is 2. The SMILES string of the molecule is CCOC(=O)c1ccc(NC(=O)CC2=CNc3cccc4cccc2c34)cc1. The fourth-order valence-corrected chi connectivity index (χ4v) is 3.40. The van der Waals surface area contributed by atoms with Crippen molar-refractivity contribution in [3.63, 3.8) is 0 Å². The van der Waals surface area contributed by atoms with Crippen molar-refractivity contribution in [2.45, 2.75) is 13.3 Å². The van der Waals surface area contributed by atoms with Gasteiger partial charge in [-0.05, 0) is 53.8 Å². The molecule has 28 heavy (non-hydrogen) atoms. The van der Waals surface area contributed by atoms with Crippen molar-refractivity contribution in [2.24, 2.45) is 0 Å². The Hall–Kier alpha value is -3.60. The molecule has 1 aliphatic heterocycles. The summed E-state index contributed by atoms with van der Waals surface area (Å²) >= 11 is 0. The topological polar surface area (TPSA) is 67.4 Å². The van der Waals surface area contributed by atoms with Gasteiger partial charge < -0.3 is 15.4 Å². The second-order valence-electron chi connectivity index (χ2n) is 6.55. The van der Waals surface area contributed by atoms with Gasteiger partial charge >= 0.3 is 5.97 Å². The molecule has 5 heteroatoms. The minimum Gasteiger partial charge on any atom is -0.462 e. The van der Waals surface area contributed by atoms with Gasteiger partial charge in [0.05, 0.1) is 18.6 Å². The molecule has 3 aromatic carbocycles. The first-order valence-corrected chi connectivity index (χ1v) is 9.20. The van der Waals surface area contributed by atoms with Gasteiger partial charge in [0.1, 0.15) is 0 Å². The molecule has 1 amide bonds. The molecule has 5 nitrogen and oxygen atoms in total. The molecule has 0 spiro atoms. The Morgan fingerprint density at radius 1 is 1.00 bits per heavy atom. The van der Waals surface area contributed by atoms with Crippen molar-refractivity contribution in [3.05, 3.63) is 78.0 Å². The summed E-state index contributed by atoms with van der Waals surface area (Å²) in [7, 11) is 0. The van der Waals surface area contributed by atoms with Gasteiger partial charge in [0.2, 0.25) is 5.91 Å². The summed E-state index contributed by atoms with van der Waals surface area (Å²) in [5.41, 5.74) is 4.15. The molecule has 0 radical (unpaired) electrons. The maximum absolute atomic E-state index is 12.6. The van der Waals surface area contributed by atoms with E-state index in [-0.39, 0.29) is 18.3 Å². The van der Waals surface area contributed by atoms with Crippen LogP contribution < -0.4 is 10.6 Å². The second-order valence-corrected chi connectivity index (χ2v) is 6.55. The number of benzene rings is 3. The highest BCUT2D eigenvalue weighted by Crippen LogP contribution is 2.36. The molecule has 0 aliphatic carbocycles. The Morgan fingerprint density at radius 2 is 1.75 bits per heavy atom. The molecule has 0 aromatic heterocycles. The molecular weight excluding hydrogens is 352 g/mol. The Kier molecular flexibility index (Phi) is 4.81. The predicted octanol–water partition coefficient (Wildman–Crippen LogP) is 4.81. The molecule has 1 heterocycles. The van der Waals surface area contributed by atoms with Crippen LogP contribution in [0.15, 0.2) is 66.9 Å². The Bertz CT molecular complexity index is 1080. The summed E-state index contributed by atoms with van der Waals surface area (Å²) in [6, 6.07) is 18.9. The highest BCUT2D eigenvalue weighted by Gasteiger charge is 2.17. The van der Waals surface area contributed by atoms with Crippen molar-refractivity contribution < 1.29 is 14.3 Å². The molecule has 3 aromatic rings. The highest BCUT2D eigenvalue weighted by atomic mass is 16.5. The lowest BCUT2D eigenvalue weighted by Crippen LogP contribution is -2.14. The Balaban J connectivity index is 1.48. The monoisotopic (exact) mass is 372 g/mol. The van der Waals surface area contributed by atoms with Crippen molar-refractivity contribution in [1.82, 2.24) is 0 Å². The van der Waals surface area contributed by atoms with Crippen LogP contribution >= 0.6 is 0 Å². The number of hydrogen-bond acceptors (Lipinski definition) is 4. The van der Waals surface area contributed by atoms with Crippen LogP contribution in [0.1, 0.15) is 29.3 Å². The van der Waals surface area contributed by atoms with Crippen LogP contribution in [-0.4, -0.2) is 18.5 Å². The van der Waals surface area contributed by atoms with Gasteiger partial charge in [-0.2, -0.15) is 0 Å². The van der Waals surface area contributed by atoms with E-state index in [1.807, 2.05) is 30.5 Å². The van der Waals surface area contributed by atoms with Gasteiger partial charge in [0.15, 0.2) is 0 Å². The van der Waals surface area contributed by atoms with E-state index in [9.17, 15) is 9.59 Å². The smallest absolute Gasteiger partial charge is 0.338 e. The zero-order chi connectivity index (χ0) is 19.5. The third-order valence-corrected chi connectivity index (χ3v) is 4.68. The van der Waals surface area contributed by atoms with Crippen LogP contribution in [-0.2, 0) is 9.53 Å². The number of ether oxygens (including phenoxy) is 1. The third kappa shape index (κ3) is 3.47. The third-order valence-electron chi connectivity index (χ3n) is 4.68. The zero-order valence-electron chi connectivity index (χ0n) is 15.5. The van der Waals surface area contributed by atoms with Crippen LogP contribution in [0.3, 0.4) is 0 Å². The molecule has 4 rings (SSSR count). The number of nitrogens with one attached hydrogen (secondary N) is 2. The minimum absolute atomic E-state index is 0.117. The normalized spacial score (nSPS) is 12.1. The zero-order valence-corrected chi connectivity index (χ0v) is 15.5. The van der Waals surface area contributed by atoms with Gasteiger partial charge in [0.25, 0.3) is 0 Å². The molecule has 0 unspecified atom stereocenters. The van der Waals surface area contributed by atoms with Gasteiger partial charge in [-0.3, -0.25) is 4.79 Å². The van der Waals surface area contributed by atoms with Crippen molar-refractivity contribution in [1.29, 1.82) is 0 Å². The number of rotatable bonds is 5. The van der Waals surface area contributed by atoms with Crippen LogP contribution in [0.25, 0.3) is 16.3 Å².